The average molecular weight is 291 g/mol. The number of benzene rings is 1. The van der Waals surface area contributed by atoms with E-state index in [1.807, 2.05) is 43.3 Å². The first-order valence-electron chi connectivity index (χ1n) is 7.36. The van der Waals surface area contributed by atoms with Crippen molar-refractivity contribution in [2.24, 2.45) is 5.41 Å². The molecule has 1 aromatic carbocycles. The summed E-state index contributed by atoms with van der Waals surface area (Å²) in [5.41, 5.74) is 1.48. The van der Waals surface area contributed by atoms with E-state index in [-0.39, 0.29) is 5.91 Å². The molecule has 1 aliphatic rings. The van der Waals surface area contributed by atoms with E-state index in [1.54, 1.807) is 7.11 Å². The topological polar surface area (TPSA) is 53.6 Å². The van der Waals surface area contributed by atoms with Gasteiger partial charge in [0.2, 0.25) is 5.91 Å². The van der Waals surface area contributed by atoms with Gasteiger partial charge >= 0.3 is 0 Å². The predicted octanol–water partition coefficient (Wildman–Crippen LogP) is 1.71. The zero-order valence-corrected chi connectivity index (χ0v) is 13.1. The maximum atomic E-state index is 12.7. The highest BCUT2D eigenvalue weighted by Crippen LogP contribution is 2.31. The van der Waals surface area contributed by atoms with Crippen LogP contribution in [0.15, 0.2) is 24.3 Å². The summed E-state index contributed by atoms with van der Waals surface area (Å²) < 4.78 is 5.31. The third-order valence-corrected chi connectivity index (χ3v) is 4.08. The van der Waals surface area contributed by atoms with Crippen LogP contribution in [0.5, 0.6) is 0 Å². The summed E-state index contributed by atoms with van der Waals surface area (Å²) in [6, 6.07) is 7.88. The molecule has 0 radical (unpaired) electrons. The van der Waals surface area contributed by atoms with Crippen LogP contribution in [-0.4, -0.2) is 46.8 Å². The first-order chi connectivity index (χ1) is 10.1. The van der Waals surface area contributed by atoms with Crippen molar-refractivity contribution < 1.29 is 9.53 Å². The van der Waals surface area contributed by atoms with Crippen molar-refractivity contribution >= 4 is 17.3 Å². The fourth-order valence-corrected chi connectivity index (χ4v) is 2.74. The number of anilines is 2. The van der Waals surface area contributed by atoms with Crippen molar-refractivity contribution in [2.45, 2.75) is 12.8 Å². The van der Waals surface area contributed by atoms with Crippen molar-refractivity contribution in [3.05, 3.63) is 24.3 Å². The summed E-state index contributed by atoms with van der Waals surface area (Å²) in [4.78, 5) is 14.7. The first kappa shape index (κ1) is 15.8. The lowest BCUT2D eigenvalue weighted by atomic mass is 9.78. The summed E-state index contributed by atoms with van der Waals surface area (Å²) in [7, 11) is 5.63. The molecule has 0 spiro atoms. The second-order valence-electron chi connectivity index (χ2n) is 5.86. The highest BCUT2D eigenvalue weighted by molar-refractivity contribution is 5.96. The predicted molar refractivity (Wildman–Crippen MR) is 85.8 cm³/mol. The molecule has 1 heterocycles. The van der Waals surface area contributed by atoms with Crippen LogP contribution < -0.4 is 15.5 Å². The van der Waals surface area contributed by atoms with Gasteiger partial charge in [-0.05, 0) is 44.1 Å². The fourth-order valence-electron chi connectivity index (χ4n) is 2.74. The third kappa shape index (κ3) is 3.74. The molecule has 116 valence electrons. The summed E-state index contributed by atoms with van der Waals surface area (Å²) in [6.07, 6.45) is 1.61. The molecule has 21 heavy (non-hydrogen) atoms. The Morgan fingerprint density at radius 2 is 2.10 bits per heavy atom. The lowest BCUT2D eigenvalue weighted by molar-refractivity contribution is -0.130. The van der Waals surface area contributed by atoms with Crippen LogP contribution in [0.25, 0.3) is 0 Å². The number of nitrogens with zero attached hydrogens (tertiary/aromatic N) is 1. The highest BCUT2D eigenvalue weighted by Gasteiger charge is 2.39. The number of hydrogen-bond acceptors (Lipinski definition) is 4. The van der Waals surface area contributed by atoms with Crippen LogP contribution in [0.3, 0.4) is 0 Å². The summed E-state index contributed by atoms with van der Waals surface area (Å²) in [5.74, 6) is 0.0572. The van der Waals surface area contributed by atoms with Gasteiger partial charge in [0.05, 0.1) is 12.0 Å². The molecular formula is C16H25N3O2. The standard InChI is InChI=1S/C16H25N3O2/c1-19(2)14-6-4-5-13(11-14)18-15(20)16(12-21-3)7-9-17-10-8-16/h4-6,11,17H,7-10,12H2,1-3H3,(H,18,20). The molecule has 5 heteroatoms. The van der Waals surface area contributed by atoms with Crippen LogP contribution in [0, 0.1) is 5.41 Å². The van der Waals surface area contributed by atoms with Gasteiger partial charge in [-0.3, -0.25) is 4.79 Å². The molecule has 0 bridgehead atoms. The van der Waals surface area contributed by atoms with Crippen molar-refractivity contribution in [3.63, 3.8) is 0 Å². The van der Waals surface area contributed by atoms with E-state index in [0.29, 0.717) is 6.61 Å². The Morgan fingerprint density at radius 3 is 2.71 bits per heavy atom. The van der Waals surface area contributed by atoms with Crippen molar-refractivity contribution in [3.8, 4) is 0 Å². The summed E-state index contributed by atoms with van der Waals surface area (Å²) >= 11 is 0. The fraction of sp³-hybridized carbons (Fsp3) is 0.562. The monoisotopic (exact) mass is 291 g/mol. The molecule has 0 aromatic heterocycles. The largest absolute Gasteiger partial charge is 0.384 e. The molecule has 1 aromatic rings. The van der Waals surface area contributed by atoms with Crippen molar-refractivity contribution in [1.29, 1.82) is 0 Å². The van der Waals surface area contributed by atoms with E-state index in [1.165, 1.54) is 0 Å². The van der Waals surface area contributed by atoms with E-state index in [0.717, 1.165) is 37.3 Å². The van der Waals surface area contributed by atoms with Crippen LogP contribution >= 0.6 is 0 Å². The normalized spacial score (nSPS) is 17.3. The molecule has 0 atom stereocenters. The van der Waals surface area contributed by atoms with Crippen molar-refractivity contribution in [1.82, 2.24) is 5.32 Å². The minimum Gasteiger partial charge on any atom is -0.384 e. The quantitative estimate of drug-likeness (QED) is 0.867. The Labute approximate surface area is 126 Å². The number of methoxy groups -OCH3 is 1. The molecule has 2 rings (SSSR count). The van der Waals surface area contributed by atoms with Gasteiger partial charge in [-0.15, -0.1) is 0 Å². The molecule has 0 aliphatic carbocycles. The number of amides is 1. The van der Waals surface area contributed by atoms with Gasteiger partial charge < -0.3 is 20.3 Å². The molecule has 2 N–H and O–H groups in total. The number of carbonyl (C=O) groups excluding carboxylic acids is 1. The molecule has 5 nitrogen and oxygen atoms in total. The number of piperidine rings is 1. The minimum atomic E-state index is -0.422. The van der Waals surface area contributed by atoms with Gasteiger partial charge in [0.1, 0.15) is 0 Å². The highest BCUT2D eigenvalue weighted by atomic mass is 16.5. The third-order valence-electron chi connectivity index (χ3n) is 4.08. The smallest absolute Gasteiger partial charge is 0.233 e. The van der Waals surface area contributed by atoms with Gasteiger partial charge in [-0.1, -0.05) is 6.07 Å². The van der Waals surface area contributed by atoms with Crippen LogP contribution in [-0.2, 0) is 9.53 Å². The summed E-state index contributed by atoms with van der Waals surface area (Å²) in [5, 5.41) is 6.36. The number of ether oxygens (including phenoxy) is 1. The van der Waals surface area contributed by atoms with Crippen LogP contribution in [0.1, 0.15) is 12.8 Å². The van der Waals surface area contributed by atoms with Gasteiger partial charge in [0.25, 0.3) is 0 Å². The number of carbonyl (C=O) groups is 1. The molecule has 0 unspecified atom stereocenters. The Balaban J connectivity index is 2.13. The van der Waals surface area contributed by atoms with Gasteiger partial charge in [0, 0.05) is 32.6 Å². The zero-order chi connectivity index (χ0) is 15.3. The van der Waals surface area contributed by atoms with Gasteiger partial charge in [-0.2, -0.15) is 0 Å². The van der Waals surface area contributed by atoms with E-state index in [4.69, 9.17) is 4.74 Å². The Kier molecular flexibility index (Phi) is 5.20. The summed E-state index contributed by atoms with van der Waals surface area (Å²) in [6.45, 7) is 2.18. The lowest BCUT2D eigenvalue weighted by Crippen LogP contribution is -2.47. The molecule has 1 amide bonds. The Bertz CT molecular complexity index is 477. The molecule has 1 fully saturated rings. The maximum absolute atomic E-state index is 12.7. The Morgan fingerprint density at radius 1 is 1.38 bits per heavy atom. The van der Waals surface area contributed by atoms with Gasteiger partial charge in [0.15, 0.2) is 0 Å². The van der Waals surface area contributed by atoms with Crippen LogP contribution in [0.4, 0.5) is 11.4 Å². The molecule has 1 saturated heterocycles. The first-order valence-corrected chi connectivity index (χ1v) is 7.36. The molecular weight excluding hydrogens is 266 g/mol. The molecule has 1 aliphatic heterocycles. The SMILES string of the molecule is COCC1(C(=O)Nc2cccc(N(C)C)c2)CCNCC1. The zero-order valence-electron chi connectivity index (χ0n) is 13.1. The maximum Gasteiger partial charge on any atom is 0.233 e. The average Bonchev–Trinajstić information content (AvgIpc) is 2.48. The Hall–Kier alpha value is -1.59. The van der Waals surface area contributed by atoms with E-state index >= 15 is 0 Å². The van der Waals surface area contributed by atoms with E-state index in [2.05, 4.69) is 10.6 Å². The number of hydrogen-bond donors (Lipinski definition) is 2. The van der Waals surface area contributed by atoms with E-state index < -0.39 is 5.41 Å². The van der Waals surface area contributed by atoms with E-state index in [9.17, 15) is 4.79 Å². The van der Waals surface area contributed by atoms with Crippen molar-refractivity contribution in [2.75, 3.05) is 51.1 Å². The minimum absolute atomic E-state index is 0.0572. The molecule has 0 saturated carbocycles. The van der Waals surface area contributed by atoms with Crippen LogP contribution in [0.2, 0.25) is 0 Å². The number of rotatable bonds is 5. The van der Waals surface area contributed by atoms with Gasteiger partial charge in [-0.25, -0.2) is 0 Å². The lowest BCUT2D eigenvalue weighted by Gasteiger charge is -2.35. The number of nitrogens with one attached hydrogen (secondary N) is 2. The second-order valence-corrected chi connectivity index (χ2v) is 5.86. The second kappa shape index (κ2) is 6.91.